The van der Waals surface area contributed by atoms with Gasteiger partial charge in [-0.3, -0.25) is 9.69 Å². The maximum atomic E-state index is 12.8. The summed E-state index contributed by atoms with van der Waals surface area (Å²) in [6.07, 6.45) is 4.60. The van der Waals surface area contributed by atoms with E-state index in [2.05, 4.69) is 47.6 Å². The number of aromatic hydroxyl groups is 2. The molecule has 4 rings (SSSR count). The number of likely N-dealkylation sites (tertiary alicyclic amines) is 1. The Morgan fingerprint density at radius 1 is 1.34 bits per heavy atom. The van der Waals surface area contributed by atoms with Gasteiger partial charge in [-0.1, -0.05) is 11.6 Å². The van der Waals surface area contributed by atoms with Crippen LogP contribution in [-0.4, -0.2) is 65.1 Å². The Balaban J connectivity index is 1.58. The molecule has 13 nitrogen and oxygen atoms in total. The Hall–Kier alpha value is -4.00. The van der Waals surface area contributed by atoms with Crippen LogP contribution in [0.25, 0.3) is 5.82 Å². The summed E-state index contributed by atoms with van der Waals surface area (Å²) in [6, 6.07) is 4.49. The van der Waals surface area contributed by atoms with Crippen molar-refractivity contribution in [2.45, 2.75) is 38.8 Å². The highest BCUT2D eigenvalue weighted by Gasteiger charge is 2.28. The molecule has 3 aromatic rings. The molecule has 0 saturated carbocycles. The van der Waals surface area contributed by atoms with Gasteiger partial charge in [-0.05, 0) is 60.4 Å². The second-order valence-electron chi connectivity index (χ2n) is 7.53. The second-order valence-corrected chi connectivity index (χ2v) is 7.53. The number of aromatic nitrogens is 5. The number of nitrogens with two attached hydrogens (primary N) is 1. The number of nitrogens with one attached hydrogen (secondary N) is 1. The summed E-state index contributed by atoms with van der Waals surface area (Å²) >= 11 is 0. The molecule has 1 fully saturated rings. The highest BCUT2D eigenvalue weighted by atomic mass is 16.6. The number of amides is 1. The molecule has 3 heterocycles. The molecule has 0 aliphatic carbocycles. The molecule has 168 valence electrons. The Kier molecular flexibility index (Phi) is 5.98. The lowest BCUT2D eigenvalue weighted by atomic mass is 10.0. The average molecular weight is 441 g/mol. The van der Waals surface area contributed by atoms with Gasteiger partial charge >= 0.3 is 0 Å². The lowest BCUT2D eigenvalue weighted by molar-refractivity contribution is 0.0945. The van der Waals surface area contributed by atoms with Crippen molar-refractivity contribution in [1.29, 1.82) is 0 Å². The van der Waals surface area contributed by atoms with E-state index in [1.807, 2.05) is 0 Å². The Morgan fingerprint density at radius 3 is 2.91 bits per heavy atom. The normalized spacial score (nSPS) is 17.1. The van der Waals surface area contributed by atoms with Crippen LogP contribution in [0.4, 0.5) is 5.82 Å². The number of hydrogen-bond acceptors (Lipinski definition) is 11. The van der Waals surface area contributed by atoms with Gasteiger partial charge in [0.2, 0.25) is 11.6 Å². The van der Waals surface area contributed by atoms with E-state index in [1.54, 1.807) is 0 Å². The van der Waals surface area contributed by atoms with Crippen LogP contribution >= 0.6 is 0 Å². The molecule has 1 aliphatic heterocycles. The zero-order valence-electron chi connectivity index (χ0n) is 17.3. The van der Waals surface area contributed by atoms with Crippen LogP contribution in [0.3, 0.4) is 0 Å². The van der Waals surface area contributed by atoms with Crippen molar-refractivity contribution >= 4 is 17.9 Å². The molecule has 0 bridgehead atoms. The van der Waals surface area contributed by atoms with Crippen LogP contribution in [0.15, 0.2) is 27.9 Å². The van der Waals surface area contributed by atoms with Gasteiger partial charge in [-0.2, -0.15) is 9.78 Å². The largest absolute Gasteiger partial charge is 0.504 e. The van der Waals surface area contributed by atoms with Crippen LogP contribution < -0.4 is 11.2 Å². The highest BCUT2D eigenvalue weighted by molar-refractivity contribution is 5.94. The molecule has 1 amide bonds. The smallest absolute Gasteiger partial charge is 0.293 e. The first-order chi connectivity index (χ1) is 15.4. The van der Waals surface area contributed by atoms with Crippen molar-refractivity contribution in [3.8, 4) is 17.3 Å². The summed E-state index contributed by atoms with van der Waals surface area (Å²) < 4.78 is 6.03. The standard InChI is InChI=1S/C19H23N9O4/c1-11-4-2-3-7-27(11)10-13-16(22-26-28(13)18-17(20)24-32-25-18)19(31)23-21-9-12-5-6-14(29)15(30)8-12/h5-6,8-9,11,29-30H,2-4,7,10H2,1H3,(H2,20,24)(H,23,31)/b21-9+/t11-/m0/s1. The lowest BCUT2D eigenvalue weighted by Crippen LogP contribution is -2.38. The molecule has 13 heteroatoms. The minimum atomic E-state index is -0.579. The fourth-order valence-electron chi connectivity index (χ4n) is 3.55. The highest BCUT2D eigenvalue weighted by Crippen LogP contribution is 2.24. The van der Waals surface area contributed by atoms with Crippen LogP contribution in [0.2, 0.25) is 0 Å². The molecule has 1 aliphatic rings. The zero-order valence-corrected chi connectivity index (χ0v) is 17.3. The number of benzene rings is 1. The number of nitrogens with zero attached hydrogens (tertiary/aromatic N) is 7. The van der Waals surface area contributed by atoms with E-state index in [-0.39, 0.29) is 28.8 Å². The number of anilines is 1. The van der Waals surface area contributed by atoms with Crippen molar-refractivity contribution in [3.05, 3.63) is 35.2 Å². The summed E-state index contributed by atoms with van der Waals surface area (Å²) in [5.41, 5.74) is 9.26. The number of hydrazone groups is 1. The second kappa shape index (κ2) is 9.01. The van der Waals surface area contributed by atoms with Gasteiger partial charge < -0.3 is 15.9 Å². The maximum Gasteiger partial charge on any atom is 0.293 e. The average Bonchev–Trinajstić information content (AvgIpc) is 3.38. The zero-order chi connectivity index (χ0) is 22.7. The van der Waals surface area contributed by atoms with E-state index >= 15 is 0 Å². The third-order valence-corrected chi connectivity index (χ3v) is 5.35. The first kappa shape index (κ1) is 21.2. The molecule has 0 spiro atoms. The van der Waals surface area contributed by atoms with Crippen molar-refractivity contribution in [3.63, 3.8) is 0 Å². The molecule has 0 radical (unpaired) electrons. The third-order valence-electron chi connectivity index (χ3n) is 5.35. The molecule has 2 aromatic heterocycles. The van der Waals surface area contributed by atoms with E-state index in [0.717, 1.165) is 25.8 Å². The number of nitrogen functional groups attached to an aromatic ring is 1. The fourth-order valence-corrected chi connectivity index (χ4v) is 3.55. The van der Waals surface area contributed by atoms with E-state index in [0.29, 0.717) is 23.8 Å². The molecule has 5 N–H and O–H groups in total. The number of phenols is 2. The minimum Gasteiger partial charge on any atom is -0.504 e. The summed E-state index contributed by atoms with van der Waals surface area (Å²) in [4.78, 5) is 15.1. The van der Waals surface area contributed by atoms with Crippen molar-refractivity contribution in [1.82, 2.24) is 35.6 Å². The van der Waals surface area contributed by atoms with Gasteiger partial charge in [0.1, 0.15) is 0 Å². The SMILES string of the molecule is C[C@H]1CCCCN1Cc1c(C(=O)N/N=C/c2ccc(O)c(O)c2)nnn1-c1nonc1N. The summed E-state index contributed by atoms with van der Waals surface area (Å²) in [6.45, 7) is 3.41. The molecule has 1 atom stereocenters. The van der Waals surface area contributed by atoms with Crippen molar-refractivity contribution in [2.24, 2.45) is 5.10 Å². The molecule has 1 saturated heterocycles. The van der Waals surface area contributed by atoms with Gasteiger partial charge in [-0.15, -0.1) is 5.10 Å². The van der Waals surface area contributed by atoms with Crippen LogP contribution in [-0.2, 0) is 6.54 Å². The van der Waals surface area contributed by atoms with Gasteiger partial charge in [-0.25, -0.2) is 10.1 Å². The molecular weight excluding hydrogens is 418 g/mol. The van der Waals surface area contributed by atoms with Crippen LogP contribution in [0.1, 0.15) is 47.9 Å². The first-order valence-corrected chi connectivity index (χ1v) is 10.1. The van der Waals surface area contributed by atoms with Crippen molar-refractivity contribution in [2.75, 3.05) is 12.3 Å². The topological polar surface area (TPSA) is 181 Å². The van der Waals surface area contributed by atoms with Crippen molar-refractivity contribution < 1.29 is 19.6 Å². The Bertz CT molecular complexity index is 1140. The lowest BCUT2D eigenvalue weighted by Gasteiger charge is -2.33. The Morgan fingerprint density at radius 2 is 2.19 bits per heavy atom. The third kappa shape index (κ3) is 4.37. The fraction of sp³-hybridized carbons (Fsp3) is 0.368. The number of rotatable bonds is 6. The number of hydrogen-bond donors (Lipinski definition) is 4. The van der Waals surface area contributed by atoms with Crippen LogP contribution in [0.5, 0.6) is 11.5 Å². The van der Waals surface area contributed by atoms with Crippen LogP contribution in [0, 0.1) is 0 Å². The monoisotopic (exact) mass is 441 g/mol. The predicted molar refractivity (Wildman–Crippen MR) is 112 cm³/mol. The molecule has 0 unspecified atom stereocenters. The summed E-state index contributed by atoms with van der Waals surface area (Å²) in [5.74, 6) is -0.939. The molecule has 32 heavy (non-hydrogen) atoms. The number of piperidine rings is 1. The maximum absolute atomic E-state index is 12.8. The minimum absolute atomic E-state index is 0.0277. The quantitative estimate of drug-likeness (QED) is 0.242. The van der Waals surface area contributed by atoms with Gasteiger partial charge in [0.15, 0.2) is 17.2 Å². The predicted octanol–water partition coefficient (Wildman–Crippen LogP) is 0.782. The number of phenolic OH excluding ortho intramolecular Hbond substituents is 2. The van der Waals surface area contributed by atoms with E-state index in [1.165, 1.54) is 29.1 Å². The van der Waals surface area contributed by atoms with E-state index in [4.69, 9.17) is 5.73 Å². The number of carbonyl (C=O) groups excluding carboxylic acids is 1. The van der Waals surface area contributed by atoms with Gasteiger partial charge in [0, 0.05) is 12.6 Å². The first-order valence-electron chi connectivity index (χ1n) is 10.1. The summed E-state index contributed by atoms with van der Waals surface area (Å²) in [7, 11) is 0. The van der Waals surface area contributed by atoms with Gasteiger partial charge in [0.05, 0.1) is 11.9 Å². The van der Waals surface area contributed by atoms with E-state index in [9.17, 15) is 15.0 Å². The molecule has 1 aromatic carbocycles. The Labute approximate surface area is 182 Å². The van der Waals surface area contributed by atoms with E-state index < -0.39 is 5.91 Å². The number of carbonyl (C=O) groups is 1. The molecular formula is C19H23N9O4. The van der Waals surface area contributed by atoms with Gasteiger partial charge in [0.25, 0.3) is 5.91 Å². The summed E-state index contributed by atoms with van der Waals surface area (Å²) in [5, 5.41) is 38.3.